The lowest BCUT2D eigenvalue weighted by molar-refractivity contribution is -0.123. The molecule has 0 unspecified atom stereocenters. The Morgan fingerprint density at radius 3 is 2.45 bits per heavy atom. The van der Waals surface area contributed by atoms with Crippen LogP contribution in [0.4, 0.5) is 4.79 Å². The van der Waals surface area contributed by atoms with E-state index in [2.05, 4.69) is 33.1 Å². The summed E-state index contributed by atoms with van der Waals surface area (Å²) in [5.41, 5.74) is 0. The van der Waals surface area contributed by atoms with Crippen molar-refractivity contribution in [2.24, 2.45) is 5.92 Å². The van der Waals surface area contributed by atoms with Crippen LogP contribution in [-0.4, -0.2) is 42.5 Å². The molecule has 6 heteroatoms. The summed E-state index contributed by atoms with van der Waals surface area (Å²) in [5, 5.41) is 5.64. The summed E-state index contributed by atoms with van der Waals surface area (Å²) in [6.45, 7) is 9.58. The summed E-state index contributed by atoms with van der Waals surface area (Å²) >= 11 is 3.21. The molecule has 20 heavy (non-hydrogen) atoms. The van der Waals surface area contributed by atoms with Gasteiger partial charge in [-0.05, 0) is 18.8 Å². The van der Waals surface area contributed by atoms with Crippen molar-refractivity contribution in [3.05, 3.63) is 11.1 Å². The van der Waals surface area contributed by atoms with Crippen molar-refractivity contribution in [1.29, 1.82) is 0 Å². The molecule has 0 radical (unpaired) electrons. The van der Waals surface area contributed by atoms with Crippen LogP contribution in [0.15, 0.2) is 11.1 Å². The first kappa shape index (κ1) is 17.0. The summed E-state index contributed by atoms with van der Waals surface area (Å²) in [6.07, 6.45) is 2.90. The number of nitrogens with zero attached hydrogens (tertiary/aromatic N) is 1. The summed E-state index contributed by atoms with van der Waals surface area (Å²) in [5.74, 6) is -0.0716. The first-order chi connectivity index (χ1) is 9.45. The van der Waals surface area contributed by atoms with Crippen molar-refractivity contribution in [1.82, 2.24) is 15.5 Å². The van der Waals surface area contributed by atoms with Gasteiger partial charge in [0.05, 0.1) is 0 Å². The number of halogens is 1. The third-order valence-electron chi connectivity index (χ3n) is 3.62. The van der Waals surface area contributed by atoms with Gasteiger partial charge in [-0.25, -0.2) is 4.79 Å². The number of urea groups is 1. The van der Waals surface area contributed by atoms with Crippen molar-refractivity contribution in [3.8, 4) is 0 Å². The molecule has 114 valence electrons. The van der Waals surface area contributed by atoms with Gasteiger partial charge in [0.2, 0.25) is 5.91 Å². The Balaban J connectivity index is 2.60. The fraction of sp³-hybridized carbons (Fsp3) is 0.714. The van der Waals surface area contributed by atoms with Crippen molar-refractivity contribution in [2.45, 2.75) is 39.2 Å². The Bertz CT molecular complexity index is 367. The minimum absolute atomic E-state index is 0.0881. The maximum atomic E-state index is 12.2. The van der Waals surface area contributed by atoms with E-state index in [1.807, 2.05) is 13.8 Å². The number of amides is 3. The van der Waals surface area contributed by atoms with Gasteiger partial charge in [0.15, 0.2) is 0 Å². The van der Waals surface area contributed by atoms with Crippen molar-refractivity contribution < 1.29 is 9.59 Å². The van der Waals surface area contributed by atoms with E-state index in [0.29, 0.717) is 11.0 Å². The predicted molar refractivity (Wildman–Crippen MR) is 83.7 cm³/mol. The monoisotopic (exact) mass is 345 g/mol. The molecule has 0 aromatic carbocycles. The average molecular weight is 346 g/mol. The van der Waals surface area contributed by atoms with Gasteiger partial charge in [-0.15, -0.1) is 0 Å². The van der Waals surface area contributed by atoms with E-state index in [-0.39, 0.29) is 17.9 Å². The van der Waals surface area contributed by atoms with Crippen LogP contribution in [0.2, 0.25) is 0 Å². The average Bonchev–Trinajstić information content (AvgIpc) is 2.95. The predicted octanol–water partition coefficient (Wildman–Crippen LogP) is 2.23. The molecule has 0 spiro atoms. The molecule has 3 amide bonds. The van der Waals surface area contributed by atoms with E-state index >= 15 is 0 Å². The lowest BCUT2D eigenvalue weighted by Gasteiger charge is -2.26. The number of rotatable bonds is 6. The van der Waals surface area contributed by atoms with Gasteiger partial charge < -0.3 is 15.5 Å². The maximum Gasteiger partial charge on any atom is 0.318 e. The topological polar surface area (TPSA) is 61.4 Å². The summed E-state index contributed by atoms with van der Waals surface area (Å²) in [6, 6.07) is -0.638. The van der Waals surface area contributed by atoms with Crippen LogP contribution in [0.1, 0.15) is 33.1 Å². The fourth-order valence-corrected chi connectivity index (χ4v) is 2.28. The van der Waals surface area contributed by atoms with Gasteiger partial charge in [-0.2, -0.15) is 0 Å². The maximum absolute atomic E-state index is 12.2. The van der Waals surface area contributed by atoms with Gasteiger partial charge in [0.1, 0.15) is 6.04 Å². The van der Waals surface area contributed by atoms with Gasteiger partial charge in [0.25, 0.3) is 0 Å². The lowest BCUT2D eigenvalue weighted by Crippen LogP contribution is -2.53. The van der Waals surface area contributed by atoms with Crippen molar-refractivity contribution in [2.75, 3.05) is 19.6 Å². The minimum atomic E-state index is -0.500. The van der Waals surface area contributed by atoms with Gasteiger partial charge in [-0.1, -0.05) is 42.8 Å². The smallest absolute Gasteiger partial charge is 0.318 e. The van der Waals surface area contributed by atoms with Crippen LogP contribution < -0.4 is 10.6 Å². The second kappa shape index (κ2) is 8.29. The molecular formula is C14H24BrN3O2. The molecule has 2 N–H and O–H groups in total. The van der Waals surface area contributed by atoms with Crippen LogP contribution in [0.5, 0.6) is 0 Å². The molecule has 1 saturated heterocycles. The number of hydrogen-bond donors (Lipinski definition) is 2. The van der Waals surface area contributed by atoms with E-state index in [0.717, 1.165) is 32.4 Å². The Hall–Kier alpha value is -1.04. The van der Waals surface area contributed by atoms with E-state index in [1.165, 1.54) is 0 Å². The minimum Gasteiger partial charge on any atom is -0.350 e. The molecule has 1 fully saturated rings. The fourth-order valence-electron chi connectivity index (χ4n) is 2.14. The van der Waals surface area contributed by atoms with Gasteiger partial charge >= 0.3 is 6.03 Å². The highest BCUT2D eigenvalue weighted by Crippen LogP contribution is 2.12. The molecule has 1 rings (SSSR count). The molecule has 0 aliphatic carbocycles. The van der Waals surface area contributed by atoms with Crippen LogP contribution >= 0.6 is 15.9 Å². The molecule has 0 saturated carbocycles. The summed E-state index contributed by atoms with van der Waals surface area (Å²) in [4.78, 5) is 26.1. The zero-order valence-corrected chi connectivity index (χ0v) is 13.8. The Kier molecular flexibility index (Phi) is 7.05. The highest BCUT2D eigenvalue weighted by molar-refractivity contribution is 9.11. The second-order valence-electron chi connectivity index (χ2n) is 5.24. The van der Waals surface area contributed by atoms with E-state index in [4.69, 9.17) is 0 Å². The number of nitrogens with one attached hydrogen (secondary N) is 2. The quantitative estimate of drug-likeness (QED) is 0.775. The van der Waals surface area contributed by atoms with Crippen LogP contribution in [0, 0.1) is 5.92 Å². The summed E-state index contributed by atoms with van der Waals surface area (Å²) < 4.78 is 0.708. The largest absolute Gasteiger partial charge is 0.350 e. The number of likely N-dealkylation sites (tertiary alicyclic amines) is 1. The molecule has 2 atom stereocenters. The zero-order valence-electron chi connectivity index (χ0n) is 12.2. The first-order valence-electron chi connectivity index (χ1n) is 7.12. The molecule has 1 heterocycles. The molecule has 0 bridgehead atoms. The molecule has 5 nitrogen and oxygen atoms in total. The number of hydrogen-bond acceptors (Lipinski definition) is 2. The number of carbonyl (C=O) groups is 2. The van der Waals surface area contributed by atoms with E-state index in [1.54, 1.807) is 4.90 Å². The van der Waals surface area contributed by atoms with Crippen LogP contribution in [0.3, 0.4) is 0 Å². The zero-order chi connectivity index (χ0) is 15.1. The van der Waals surface area contributed by atoms with E-state index in [9.17, 15) is 9.59 Å². The highest BCUT2D eigenvalue weighted by atomic mass is 79.9. The SMILES string of the molecule is C=C(Br)CNC(=O)[C@@H](NC(=O)N1CCCC1)[C@@H](C)CC. The Morgan fingerprint density at radius 2 is 1.95 bits per heavy atom. The third kappa shape index (κ3) is 5.15. The standard InChI is InChI=1S/C14H24BrN3O2/c1-4-10(2)12(13(19)16-9-11(3)15)17-14(20)18-7-5-6-8-18/h10,12H,3-9H2,1-2H3,(H,16,19)(H,17,20)/t10-,12-/m0/s1. The highest BCUT2D eigenvalue weighted by Gasteiger charge is 2.28. The number of carbonyl (C=O) groups excluding carboxylic acids is 2. The van der Waals surface area contributed by atoms with Crippen LogP contribution in [0.25, 0.3) is 0 Å². The van der Waals surface area contributed by atoms with Crippen molar-refractivity contribution >= 4 is 27.9 Å². The van der Waals surface area contributed by atoms with Gasteiger partial charge in [-0.3, -0.25) is 4.79 Å². The normalized spacial score (nSPS) is 17.4. The van der Waals surface area contributed by atoms with Crippen LogP contribution in [-0.2, 0) is 4.79 Å². The van der Waals surface area contributed by atoms with E-state index < -0.39 is 6.04 Å². The molecular weight excluding hydrogens is 322 g/mol. The Morgan fingerprint density at radius 1 is 1.35 bits per heavy atom. The lowest BCUT2D eigenvalue weighted by atomic mass is 9.98. The molecule has 1 aliphatic rings. The second-order valence-corrected chi connectivity index (χ2v) is 6.36. The molecule has 0 aromatic rings. The third-order valence-corrected chi connectivity index (χ3v) is 3.90. The van der Waals surface area contributed by atoms with Crippen molar-refractivity contribution in [3.63, 3.8) is 0 Å². The Labute approximate surface area is 129 Å². The molecule has 0 aromatic heterocycles. The molecule has 1 aliphatic heterocycles. The van der Waals surface area contributed by atoms with Gasteiger partial charge in [0, 0.05) is 24.1 Å². The summed E-state index contributed by atoms with van der Waals surface area (Å²) in [7, 11) is 0. The first-order valence-corrected chi connectivity index (χ1v) is 7.91.